The molecule has 0 spiro atoms. The molecule has 0 unspecified atom stereocenters. The van der Waals surface area contributed by atoms with Crippen LogP contribution in [0.3, 0.4) is 0 Å². The summed E-state index contributed by atoms with van der Waals surface area (Å²) in [6.45, 7) is 0. The van der Waals surface area contributed by atoms with Crippen LogP contribution in [0.4, 0.5) is 5.82 Å². The van der Waals surface area contributed by atoms with Gasteiger partial charge in [-0.3, -0.25) is 9.78 Å². The number of fused-ring (bicyclic) bond motifs is 1. The summed E-state index contributed by atoms with van der Waals surface area (Å²) in [5.74, 6) is 0.246. The number of anilines is 1. The van der Waals surface area contributed by atoms with Gasteiger partial charge in [-0.1, -0.05) is 29.8 Å². The number of nitrogens with zero attached hydrogens (tertiary/aromatic N) is 3. The predicted molar refractivity (Wildman–Crippen MR) is 93.9 cm³/mol. The average molecular weight is 338 g/mol. The van der Waals surface area contributed by atoms with E-state index in [1.54, 1.807) is 18.3 Å². The van der Waals surface area contributed by atoms with Crippen molar-refractivity contribution in [2.45, 2.75) is 0 Å². The van der Waals surface area contributed by atoms with Crippen molar-refractivity contribution in [1.29, 1.82) is 0 Å². The molecular weight excluding hydrogens is 326 g/mol. The number of hydrogen-bond acceptors (Lipinski definition) is 4. The molecule has 1 aromatic carbocycles. The lowest BCUT2D eigenvalue weighted by Gasteiger charge is -2.04. The number of pyridine rings is 1. The van der Waals surface area contributed by atoms with E-state index in [9.17, 15) is 4.79 Å². The number of rotatable bonds is 2. The van der Waals surface area contributed by atoms with Crippen LogP contribution in [-0.4, -0.2) is 19.6 Å². The number of H-pyrrole nitrogens is 1. The number of nitrogens with two attached hydrogens (primary N) is 1. The number of aromatic amines is 1. The standard InChI is InChI=1S/C17H12ClN5O/c18-11-6-4-10(5-7-11)13-9-14(24)23-17(21-13)15(16(19)22-23)12-3-1-2-8-20-12/h1-9,21H,(H2,19,22). The summed E-state index contributed by atoms with van der Waals surface area (Å²) in [5.41, 5.74) is 8.98. The van der Waals surface area contributed by atoms with Crippen LogP contribution in [0.2, 0.25) is 5.02 Å². The Balaban J connectivity index is 2.00. The van der Waals surface area contributed by atoms with Crippen LogP contribution in [0, 0.1) is 0 Å². The molecule has 4 rings (SSSR count). The van der Waals surface area contributed by atoms with Gasteiger partial charge in [0, 0.05) is 17.3 Å². The van der Waals surface area contributed by atoms with Crippen LogP contribution in [-0.2, 0) is 0 Å². The molecule has 118 valence electrons. The summed E-state index contributed by atoms with van der Waals surface area (Å²) >= 11 is 5.92. The van der Waals surface area contributed by atoms with Gasteiger partial charge in [0.2, 0.25) is 0 Å². The van der Waals surface area contributed by atoms with Crippen molar-refractivity contribution < 1.29 is 0 Å². The highest BCUT2D eigenvalue weighted by Crippen LogP contribution is 2.28. The second-order valence-electron chi connectivity index (χ2n) is 5.26. The Bertz CT molecular complexity index is 1080. The van der Waals surface area contributed by atoms with Gasteiger partial charge in [-0.2, -0.15) is 4.52 Å². The molecule has 0 saturated carbocycles. The third-order valence-electron chi connectivity index (χ3n) is 3.72. The van der Waals surface area contributed by atoms with Gasteiger partial charge in [0.15, 0.2) is 5.82 Å². The average Bonchev–Trinajstić information content (AvgIpc) is 2.93. The normalized spacial score (nSPS) is 11.0. The highest BCUT2D eigenvalue weighted by atomic mass is 35.5. The van der Waals surface area contributed by atoms with E-state index in [-0.39, 0.29) is 11.4 Å². The molecule has 0 aliphatic carbocycles. The van der Waals surface area contributed by atoms with Crippen molar-refractivity contribution in [2.24, 2.45) is 0 Å². The number of aromatic nitrogens is 4. The van der Waals surface area contributed by atoms with Crippen molar-refractivity contribution in [3.8, 4) is 22.5 Å². The summed E-state index contributed by atoms with van der Waals surface area (Å²) in [4.78, 5) is 19.9. The van der Waals surface area contributed by atoms with Gasteiger partial charge in [-0.15, -0.1) is 5.10 Å². The Hall–Kier alpha value is -3.12. The molecule has 0 amide bonds. The lowest BCUT2D eigenvalue weighted by molar-refractivity contribution is 0.906. The van der Waals surface area contributed by atoms with Crippen LogP contribution in [0.1, 0.15) is 0 Å². The first-order chi connectivity index (χ1) is 11.6. The summed E-state index contributed by atoms with van der Waals surface area (Å²) in [5, 5.41) is 4.76. The summed E-state index contributed by atoms with van der Waals surface area (Å²) in [6.07, 6.45) is 1.67. The lowest BCUT2D eigenvalue weighted by Crippen LogP contribution is -2.14. The van der Waals surface area contributed by atoms with E-state index in [2.05, 4.69) is 15.1 Å². The van der Waals surface area contributed by atoms with E-state index in [1.165, 1.54) is 10.6 Å². The quantitative estimate of drug-likeness (QED) is 0.588. The number of nitrogens with one attached hydrogen (secondary N) is 1. The van der Waals surface area contributed by atoms with Gasteiger partial charge in [0.25, 0.3) is 5.56 Å². The molecule has 0 radical (unpaired) electrons. The second-order valence-corrected chi connectivity index (χ2v) is 5.70. The first kappa shape index (κ1) is 14.5. The summed E-state index contributed by atoms with van der Waals surface area (Å²) in [7, 11) is 0. The minimum absolute atomic E-state index is 0.246. The van der Waals surface area contributed by atoms with E-state index in [1.807, 2.05) is 30.3 Å². The van der Waals surface area contributed by atoms with Crippen LogP contribution in [0.25, 0.3) is 28.2 Å². The predicted octanol–water partition coefficient (Wildman–Crippen LogP) is 2.99. The maximum absolute atomic E-state index is 12.4. The van der Waals surface area contributed by atoms with Gasteiger partial charge in [0.1, 0.15) is 5.65 Å². The third-order valence-corrected chi connectivity index (χ3v) is 3.97. The molecule has 0 atom stereocenters. The molecule has 7 heteroatoms. The Kier molecular flexibility index (Phi) is 3.32. The lowest BCUT2D eigenvalue weighted by atomic mass is 10.1. The van der Waals surface area contributed by atoms with Crippen LogP contribution >= 0.6 is 11.6 Å². The van der Waals surface area contributed by atoms with Crippen molar-refractivity contribution in [1.82, 2.24) is 19.6 Å². The Morgan fingerprint density at radius 2 is 1.92 bits per heavy atom. The fraction of sp³-hybridized carbons (Fsp3) is 0. The van der Waals surface area contributed by atoms with Gasteiger partial charge in [0.05, 0.1) is 17.0 Å². The minimum atomic E-state index is -0.275. The highest BCUT2D eigenvalue weighted by Gasteiger charge is 2.16. The molecule has 0 bridgehead atoms. The molecule has 0 saturated heterocycles. The molecule has 0 aliphatic heterocycles. The zero-order chi connectivity index (χ0) is 16.7. The Morgan fingerprint density at radius 3 is 2.62 bits per heavy atom. The third kappa shape index (κ3) is 2.33. The molecule has 3 N–H and O–H groups in total. The number of nitrogen functional groups attached to an aromatic ring is 1. The zero-order valence-corrected chi connectivity index (χ0v) is 13.2. The fourth-order valence-electron chi connectivity index (χ4n) is 2.61. The van der Waals surface area contributed by atoms with Crippen LogP contribution in [0.15, 0.2) is 59.5 Å². The largest absolute Gasteiger partial charge is 0.382 e. The molecule has 0 aliphatic rings. The van der Waals surface area contributed by atoms with Crippen LogP contribution in [0.5, 0.6) is 0 Å². The van der Waals surface area contributed by atoms with E-state index < -0.39 is 0 Å². The van der Waals surface area contributed by atoms with Crippen LogP contribution < -0.4 is 11.3 Å². The number of hydrogen-bond donors (Lipinski definition) is 2. The monoisotopic (exact) mass is 337 g/mol. The van der Waals surface area contributed by atoms with E-state index in [0.717, 1.165) is 5.56 Å². The van der Waals surface area contributed by atoms with Gasteiger partial charge in [-0.25, -0.2) is 0 Å². The number of benzene rings is 1. The minimum Gasteiger partial charge on any atom is -0.382 e. The van der Waals surface area contributed by atoms with Crippen molar-refractivity contribution in [2.75, 3.05) is 5.73 Å². The molecule has 6 nitrogen and oxygen atoms in total. The first-order valence-corrected chi connectivity index (χ1v) is 7.60. The summed E-state index contributed by atoms with van der Waals surface area (Å²) in [6, 6.07) is 14.2. The van der Waals surface area contributed by atoms with Gasteiger partial charge >= 0.3 is 0 Å². The SMILES string of the molecule is Nc1nn2c(=O)cc(-c3ccc(Cl)cc3)[nH]c2c1-c1ccccn1. The molecule has 4 aromatic rings. The topological polar surface area (TPSA) is 89.1 Å². The zero-order valence-electron chi connectivity index (χ0n) is 12.4. The molecule has 3 heterocycles. The van der Waals surface area contributed by atoms with E-state index in [4.69, 9.17) is 17.3 Å². The number of halogens is 1. The Labute approximate surface area is 141 Å². The van der Waals surface area contributed by atoms with Gasteiger partial charge in [-0.05, 0) is 29.8 Å². The second kappa shape index (κ2) is 5.50. The first-order valence-electron chi connectivity index (χ1n) is 7.22. The molecule has 24 heavy (non-hydrogen) atoms. The fourth-order valence-corrected chi connectivity index (χ4v) is 2.73. The maximum Gasteiger partial charge on any atom is 0.274 e. The summed E-state index contributed by atoms with van der Waals surface area (Å²) < 4.78 is 1.25. The van der Waals surface area contributed by atoms with E-state index >= 15 is 0 Å². The van der Waals surface area contributed by atoms with Crippen molar-refractivity contribution in [3.63, 3.8) is 0 Å². The Morgan fingerprint density at radius 1 is 1.12 bits per heavy atom. The van der Waals surface area contributed by atoms with Crippen molar-refractivity contribution in [3.05, 3.63) is 70.1 Å². The maximum atomic E-state index is 12.4. The van der Waals surface area contributed by atoms with Gasteiger partial charge < -0.3 is 10.7 Å². The highest BCUT2D eigenvalue weighted by molar-refractivity contribution is 6.30. The molecular formula is C17H12ClN5O. The molecule has 0 fully saturated rings. The van der Waals surface area contributed by atoms with E-state index in [0.29, 0.717) is 27.6 Å². The smallest absolute Gasteiger partial charge is 0.274 e. The van der Waals surface area contributed by atoms with Crippen molar-refractivity contribution >= 4 is 23.1 Å². The molecule has 3 aromatic heterocycles.